The van der Waals surface area contributed by atoms with E-state index < -0.39 is 0 Å². The first kappa shape index (κ1) is 19.1. The third kappa shape index (κ3) is 4.96. The summed E-state index contributed by atoms with van der Waals surface area (Å²) < 4.78 is 16.2. The van der Waals surface area contributed by atoms with Gasteiger partial charge in [0.05, 0.1) is 18.0 Å². The number of methoxy groups -OCH3 is 1. The number of H-pyrrole nitrogens is 1. The Hall–Kier alpha value is -2.64. The minimum atomic E-state index is -0.335. The van der Waals surface area contributed by atoms with Crippen LogP contribution in [0.2, 0.25) is 0 Å². The molecule has 0 fully saturated rings. The molecule has 2 aromatic heterocycles. The number of nitrogens with one attached hydrogen (secondary N) is 2. The van der Waals surface area contributed by atoms with Crippen LogP contribution in [0, 0.1) is 0 Å². The maximum atomic E-state index is 11.7. The third-order valence-corrected chi connectivity index (χ3v) is 4.30. The fourth-order valence-electron chi connectivity index (χ4n) is 2.88. The Morgan fingerprint density at radius 2 is 2.15 bits per heavy atom. The first-order chi connectivity index (χ1) is 13.1. The average Bonchev–Trinajstić information content (AvgIpc) is 3.11. The molecule has 0 radical (unpaired) electrons. The smallest absolute Gasteiger partial charge is 0.336 e. The van der Waals surface area contributed by atoms with E-state index in [-0.39, 0.29) is 11.7 Å². The molecule has 27 heavy (non-hydrogen) atoms. The molecule has 0 spiro atoms. The number of aryl methyl sites for hydroxylation is 1. The molecule has 0 aliphatic carbocycles. The molecule has 7 heteroatoms. The number of benzene rings is 1. The molecule has 1 aromatic carbocycles. The Balaban J connectivity index is 1.56. The maximum absolute atomic E-state index is 11.7. The zero-order valence-corrected chi connectivity index (χ0v) is 15.9. The van der Waals surface area contributed by atoms with Crippen LogP contribution in [-0.4, -0.2) is 30.0 Å². The Bertz CT molecular complexity index is 948. The van der Waals surface area contributed by atoms with E-state index in [1.807, 2.05) is 32.0 Å². The van der Waals surface area contributed by atoms with Gasteiger partial charge in [0.15, 0.2) is 0 Å². The van der Waals surface area contributed by atoms with Gasteiger partial charge in [0.2, 0.25) is 0 Å². The summed E-state index contributed by atoms with van der Waals surface area (Å²) in [6.45, 7) is 5.70. The highest BCUT2D eigenvalue weighted by Crippen LogP contribution is 2.23. The zero-order valence-electron chi connectivity index (χ0n) is 15.9. The fourth-order valence-corrected chi connectivity index (χ4v) is 2.88. The van der Waals surface area contributed by atoms with Crippen LogP contribution >= 0.6 is 0 Å². The van der Waals surface area contributed by atoms with Gasteiger partial charge in [0.25, 0.3) is 0 Å². The van der Waals surface area contributed by atoms with Crippen LogP contribution in [-0.2, 0) is 24.3 Å². The van der Waals surface area contributed by atoms with Crippen LogP contribution in [0.3, 0.4) is 0 Å². The van der Waals surface area contributed by atoms with Gasteiger partial charge in [0, 0.05) is 37.2 Å². The highest BCUT2D eigenvalue weighted by Gasteiger charge is 2.08. The van der Waals surface area contributed by atoms with Gasteiger partial charge in [-0.1, -0.05) is 6.92 Å². The van der Waals surface area contributed by atoms with Crippen molar-refractivity contribution >= 4 is 11.0 Å². The number of hydrogen-bond donors (Lipinski definition) is 2. The topological polar surface area (TPSA) is 89.4 Å². The van der Waals surface area contributed by atoms with Crippen molar-refractivity contribution in [3.63, 3.8) is 0 Å². The quantitative estimate of drug-likeness (QED) is 0.562. The van der Waals surface area contributed by atoms with E-state index in [0.717, 1.165) is 28.8 Å². The van der Waals surface area contributed by atoms with Gasteiger partial charge in [-0.25, -0.2) is 4.79 Å². The average molecular weight is 371 g/mol. The van der Waals surface area contributed by atoms with E-state index in [9.17, 15) is 4.79 Å². The summed E-state index contributed by atoms with van der Waals surface area (Å²) in [4.78, 5) is 11.7. The lowest BCUT2D eigenvalue weighted by atomic mass is 10.1. The van der Waals surface area contributed by atoms with Gasteiger partial charge in [0.1, 0.15) is 17.9 Å². The highest BCUT2D eigenvalue weighted by atomic mass is 16.5. The molecule has 1 unspecified atom stereocenters. The SMILES string of the molecule is CCc1cc(=O)oc2cc(OCC(C)NCc3cc(COC)[nH]n3)ccc12. The van der Waals surface area contributed by atoms with E-state index in [1.54, 1.807) is 19.2 Å². The molecule has 2 heterocycles. The number of rotatable bonds is 9. The number of ether oxygens (including phenoxy) is 2. The molecule has 1 atom stereocenters. The molecular formula is C20H25N3O4. The van der Waals surface area contributed by atoms with Crippen molar-refractivity contribution in [2.45, 2.75) is 39.5 Å². The van der Waals surface area contributed by atoms with E-state index >= 15 is 0 Å². The maximum Gasteiger partial charge on any atom is 0.336 e. The predicted molar refractivity (Wildman–Crippen MR) is 103 cm³/mol. The molecule has 0 saturated carbocycles. The molecule has 0 saturated heterocycles. The zero-order chi connectivity index (χ0) is 19.2. The summed E-state index contributed by atoms with van der Waals surface area (Å²) in [6, 6.07) is 9.25. The molecule has 3 aromatic rings. The fraction of sp³-hybridized carbons (Fsp3) is 0.400. The Morgan fingerprint density at radius 3 is 2.93 bits per heavy atom. The lowest BCUT2D eigenvalue weighted by Gasteiger charge is -2.14. The second kappa shape index (κ2) is 8.83. The first-order valence-corrected chi connectivity index (χ1v) is 9.04. The Labute approximate surface area is 157 Å². The monoisotopic (exact) mass is 371 g/mol. The number of hydrogen-bond acceptors (Lipinski definition) is 6. The molecular weight excluding hydrogens is 346 g/mol. The second-order valence-electron chi connectivity index (χ2n) is 6.51. The van der Waals surface area contributed by atoms with Crippen molar-refractivity contribution in [2.24, 2.45) is 0 Å². The third-order valence-electron chi connectivity index (χ3n) is 4.30. The van der Waals surface area contributed by atoms with Gasteiger partial charge in [-0.15, -0.1) is 0 Å². The van der Waals surface area contributed by atoms with E-state index in [0.29, 0.717) is 31.1 Å². The van der Waals surface area contributed by atoms with Crippen LogP contribution in [0.1, 0.15) is 30.8 Å². The molecule has 0 bridgehead atoms. The highest BCUT2D eigenvalue weighted by molar-refractivity contribution is 5.81. The van der Waals surface area contributed by atoms with Crippen molar-refractivity contribution in [2.75, 3.05) is 13.7 Å². The van der Waals surface area contributed by atoms with Gasteiger partial charge in [-0.2, -0.15) is 5.10 Å². The minimum Gasteiger partial charge on any atom is -0.492 e. The Kier molecular flexibility index (Phi) is 6.26. The molecule has 0 aliphatic rings. The number of nitrogens with zero attached hydrogens (tertiary/aromatic N) is 1. The van der Waals surface area contributed by atoms with Crippen molar-refractivity contribution in [3.05, 3.63) is 57.7 Å². The van der Waals surface area contributed by atoms with E-state index in [2.05, 4.69) is 15.5 Å². The second-order valence-corrected chi connectivity index (χ2v) is 6.51. The van der Waals surface area contributed by atoms with Crippen LogP contribution in [0.25, 0.3) is 11.0 Å². The number of fused-ring (bicyclic) bond motifs is 1. The first-order valence-electron chi connectivity index (χ1n) is 9.04. The number of aromatic amines is 1. The van der Waals surface area contributed by atoms with E-state index in [4.69, 9.17) is 13.9 Å². The van der Waals surface area contributed by atoms with Gasteiger partial charge in [-0.05, 0) is 37.1 Å². The molecule has 3 rings (SSSR count). The van der Waals surface area contributed by atoms with Crippen LogP contribution < -0.4 is 15.7 Å². The minimum absolute atomic E-state index is 0.122. The van der Waals surface area contributed by atoms with Gasteiger partial charge >= 0.3 is 5.63 Å². The Morgan fingerprint density at radius 1 is 1.30 bits per heavy atom. The summed E-state index contributed by atoms with van der Waals surface area (Å²) in [5.74, 6) is 0.676. The largest absolute Gasteiger partial charge is 0.492 e. The number of aromatic nitrogens is 2. The normalized spacial score (nSPS) is 12.4. The summed E-state index contributed by atoms with van der Waals surface area (Å²) in [6.07, 6.45) is 0.780. The van der Waals surface area contributed by atoms with Crippen molar-refractivity contribution in [1.82, 2.24) is 15.5 Å². The van der Waals surface area contributed by atoms with Crippen molar-refractivity contribution < 1.29 is 13.9 Å². The van der Waals surface area contributed by atoms with Gasteiger partial charge < -0.3 is 19.2 Å². The summed E-state index contributed by atoms with van der Waals surface area (Å²) in [7, 11) is 1.65. The van der Waals surface area contributed by atoms with Crippen LogP contribution in [0.4, 0.5) is 0 Å². The van der Waals surface area contributed by atoms with Crippen LogP contribution in [0.15, 0.2) is 39.5 Å². The molecule has 144 valence electrons. The predicted octanol–water partition coefficient (Wildman–Crippen LogP) is 2.78. The molecule has 0 amide bonds. The van der Waals surface area contributed by atoms with Crippen molar-refractivity contribution in [3.8, 4) is 5.75 Å². The molecule has 2 N–H and O–H groups in total. The summed E-state index contributed by atoms with van der Waals surface area (Å²) in [5.41, 5.74) is 3.07. The standard InChI is InChI=1S/C20H25N3O4/c1-4-14-7-20(24)27-19-9-17(5-6-18(14)19)26-11-13(2)21-10-15-8-16(12-25-3)23-22-15/h5-9,13,21H,4,10-12H2,1-3H3,(H,22,23). The van der Waals surface area contributed by atoms with Crippen molar-refractivity contribution in [1.29, 1.82) is 0 Å². The summed E-state index contributed by atoms with van der Waals surface area (Å²) >= 11 is 0. The van der Waals surface area contributed by atoms with Gasteiger partial charge in [-0.3, -0.25) is 5.10 Å². The molecule has 0 aliphatic heterocycles. The summed E-state index contributed by atoms with van der Waals surface area (Å²) in [5, 5.41) is 11.5. The van der Waals surface area contributed by atoms with Crippen LogP contribution in [0.5, 0.6) is 5.75 Å². The molecule has 7 nitrogen and oxygen atoms in total. The lowest BCUT2D eigenvalue weighted by Crippen LogP contribution is -2.31. The lowest BCUT2D eigenvalue weighted by molar-refractivity contribution is 0.181. The van der Waals surface area contributed by atoms with E-state index in [1.165, 1.54) is 0 Å².